The van der Waals surface area contributed by atoms with Crippen molar-refractivity contribution in [3.63, 3.8) is 0 Å². The van der Waals surface area contributed by atoms with Gasteiger partial charge in [-0.2, -0.15) is 0 Å². The molecular formula is C24H30FNO5. The van der Waals surface area contributed by atoms with Crippen LogP contribution in [0, 0.1) is 5.82 Å². The zero-order valence-corrected chi connectivity index (χ0v) is 18.1. The van der Waals surface area contributed by atoms with E-state index in [1.54, 1.807) is 20.8 Å². The number of benzene rings is 2. The van der Waals surface area contributed by atoms with Crippen LogP contribution >= 0.6 is 0 Å². The number of carboxylic acids is 1. The predicted octanol–water partition coefficient (Wildman–Crippen LogP) is 4.10. The van der Waals surface area contributed by atoms with Gasteiger partial charge < -0.3 is 20.3 Å². The summed E-state index contributed by atoms with van der Waals surface area (Å²) in [6, 6.07) is 14.9. The summed E-state index contributed by atoms with van der Waals surface area (Å²) >= 11 is 0. The Hall–Kier alpha value is -2.93. The normalized spacial score (nSPS) is 14.4. The predicted molar refractivity (Wildman–Crippen MR) is 115 cm³/mol. The van der Waals surface area contributed by atoms with E-state index in [1.807, 2.05) is 30.3 Å². The zero-order valence-electron chi connectivity index (χ0n) is 18.1. The van der Waals surface area contributed by atoms with Crippen molar-refractivity contribution in [2.24, 2.45) is 0 Å². The van der Waals surface area contributed by atoms with Crippen LogP contribution in [0.25, 0.3) is 0 Å². The van der Waals surface area contributed by atoms with Gasteiger partial charge in [0.1, 0.15) is 17.0 Å². The molecule has 1 amide bonds. The van der Waals surface area contributed by atoms with Gasteiger partial charge >= 0.3 is 12.1 Å². The van der Waals surface area contributed by atoms with Crippen LogP contribution in [0.1, 0.15) is 44.7 Å². The van der Waals surface area contributed by atoms with Crippen LogP contribution in [0.5, 0.6) is 0 Å². The fourth-order valence-corrected chi connectivity index (χ4v) is 3.32. The lowest BCUT2D eigenvalue weighted by atomic mass is 9.84. The van der Waals surface area contributed by atoms with Crippen molar-refractivity contribution in [1.29, 1.82) is 0 Å². The van der Waals surface area contributed by atoms with E-state index in [0.29, 0.717) is 18.4 Å². The van der Waals surface area contributed by atoms with Crippen molar-refractivity contribution in [3.05, 3.63) is 71.5 Å². The van der Waals surface area contributed by atoms with E-state index in [9.17, 15) is 24.2 Å². The zero-order chi connectivity index (χ0) is 23.1. The maximum Gasteiger partial charge on any atom is 0.408 e. The average molecular weight is 432 g/mol. The first-order valence-corrected chi connectivity index (χ1v) is 10.2. The van der Waals surface area contributed by atoms with Crippen LogP contribution in [0.2, 0.25) is 0 Å². The van der Waals surface area contributed by atoms with Gasteiger partial charge in [0, 0.05) is 12.8 Å². The monoisotopic (exact) mass is 431 g/mol. The minimum Gasteiger partial charge on any atom is -0.479 e. The molecule has 2 aromatic rings. The fourth-order valence-electron chi connectivity index (χ4n) is 3.32. The van der Waals surface area contributed by atoms with E-state index in [4.69, 9.17) is 4.74 Å². The molecule has 6 nitrogen and oxygen atoms in total. The van der Waals surface area contributed by atoms with Gasteiger partial charge in [-0.05, 0) is 56.9 Å². The Kier molecular flexibility index (Phi) is 8.16. The Morgan fingerprint density at radius 2 is 1.65 bits per heavy atom. The summed E-state index contributed by atoms with van der Waals surface area (Å²) in [6.45, 7) is 5.01. The summed E-state index contributed by atoms with van der Waals surface area (Å²) in [4.78, 5) is 24.8. The SMILES string of the molecule is CC(C)(C)OC(=O)N[C@](Cc1ccc(F)cc1)(C[C@@H](O)CCc1ccccc1)C(=O)O. The second-order valence-electron chi connectivity index (χ2n) is 8.70. The lowest BCUT2D eigenvalue weighted by Gasteiger charge is -2.33. The highest BCUT2D eigenvalue weighted by Crippen LogP contribution is 2.24. The average Bonchev–Trinajstić information content (AvgIpc) is 2.67. The second-order valence-corrected chi connectivity index (χ2v) is 8.70. The molecule has 0 spiro atoms. The maximum absolute atomic E-state index is 13.3. The third kappa shape index (κ3) is 8.02. The molecule has 168 valence electrons. The van der Waals surface area contributed by atoms with Gasteiger partial charge in [0.05, 0.1) is 6.10 Å². The molecule has 2 atom stereocenters. The van der Waals surface area contributed by atoms with Crippen LogP contribution in [0.3, 0.4) is 0 Å². The van der Waals surface area contributed by atoms with Gasteiger partial charge in [-0.3, -0.25) is 0 Å². The first-order chi connectivity index (χ1) is 14.5. The van der Waals surface area contributed by atoms with Gasteiger partial charge in [0.2, 0.25) is 0 Å². The Morgan fingerprint density at radius 3 is 2.19 bits per heavy atom. The number of nitrogens with one attached hydrogen (secondary N) is 1. The van der Waals surface area contributed by atoms with E-state index in [-0.39, 0.29) is 12.8 Å². The standard InChI is InChI=1S/C24H30FNO5/c1-23(2,3)31-22(30)26-24(21(28)29,15-18-9-12-19(25)13-10-18)16-20(27)14-11-17-7-5-4-6-8-17/h4-10,12-13,20,27H,11,14-16H2,1-3H3,(H,26,30)(H,28,29)/t20-,24+/m0/s1. The van der Waals surface area contributed by atoms with Crippen molar-refractivity contribution < 1.29 is 28.9 Å². The number of amides is 1. The Labute approximate surface area is 182 Å². The Morgan fingerprint density at radius 1 is 1.03 bits per heavy atom. The summed E-state index contributed by atoms with van der Waals surface area (Å²) in [5.41, 5.74) is -1.12. The van der Waals surface area contributed by atoms with Gasteiger partial charge in [0.15, 0.2) is 0 Å². The van der Waals surface area contributed by atoms with Gasteiger partial charge in [0.25, 0.3) is 0 Å². The van der Waals surface area contributed by atoms with Crippen LogP contribution in [0.4, 0.5) is 9.18 Å². The molecule has 0 saturated heterocycles. The first-order valence-electron chi connectivity index (χ1n) is 10.2. The maximum atomic E-state index is 13.3. The van der Waals surface area contributed by atoms with Crippen LogP contribution in [0.15, 0.2) is 54.6 Å². The number of rotatable bonds is 9. The molecule has 0 aliphatic heterocycles. The van der Waals surface area contributed by atoms with Gasteiger partial charge in [-0.15, -0.1) is 0 Å². The molecule has 0 unspecified atom stereocenters. The number of carbonyl (C=O) groups excluding carboxylic acids is 1. The number of hydrogen-bond donors (Lipinski definition) is 3. The molecule has 0 heterocycles. The number of hydrogen-bond acceptors (Lipinski definition) is 4. The minimum absolute atomic E-state index is 0.135. The number of halogens is 1. The largest absolute Gasteiger partial charge is 0.479 e. The number of aliphatic carboxylic acids is 1. The molecule has 0 aromatic heterocycles. The third-order valence-corrected chi connectivity index (χ3v) is 4.76. The van der Waals surface area contributed by atoms with Gasteiger partial charge in [-0.1, -0.05) is 42.5 Å². The van der Waals surface area contributed by atoms with Crippen LogP contribution < -0.4 is 5.32 Å². The lowest BCUT2D eigenvalue weighted by molar-refractivity contribution is -0.146. The lowest BCUT2D eigenvalue weighted by Crippen LogP contribution is -2.58. The van der Waals surface area contributed by atoms with E-state index >= 15 is 0 Å². The molecule has 2 rings (SSSR count). The number of ether oxygens (including phenoxy) is 1. The fraction of sp³-hybridized carbons (Fsp3) is 0.417. The van der Waals surface area contributed by atoms with E-state index in [0.717, 1.165) is 5.56 Å². The molecule has 0 fully saturated rings. The highest BCUT2D eigenvalue weighted by atomic mass is 19.1. The minimum atomic E-state index is -1.82. The number of carbonyl (C=O) groups is 2. The van der Waals surface area contributed by atoms with Crippen molar-refractivity contribution in [2.45, 2.75) is 63.7 Å². The molecular weight excluding hydrogens is 401 g/mol. The van der Waals surface area contributed by atoms with Crippen molar-refractivity contribution in [3.8, 4) is 0 Å². The van der Waals surface area contributed by atoms with E-state index in [2.05, 4.69) is 5.32 Å². The number of carboxylic acid groups (broad SMARTS) is 1. The number of alkyl carbamates (subject to hydrolysis) is 1. The number of aliphatic hydroxyl groups excluding tert-OH is 1. The van der Waals surface area contributed by atoms with Crippen molar-refractivity contribution >= 4 is 12.1 Å². The van der Waals surface area contributed by atoms with Crippen LogP contribution in [-0.2, 0) is 22.4 Å². The molecule has 0 radical (unpaired) electrons. The Balaban J connectivity index is 2.23. The van der Waals surface area contributed by atoms with E-state index in [1.165, 1.54) is 24.3 Å². The molecule has 0 aliphatic rings. The molecule has 2 aromatic carbocycles. The third-order valence-electron chi connectivity index (χ3n) is 4.76. The summed E-state index contributed by atoms with van der Waals surface area (Å²) < 4.78 is 18.6. The molecule has 0 aliphatic carbocycles. The molecule has 0 saturated carbocycles. The summed E-state index contributed by atoms with van der Waals surface area (Å²) in [5.74, 6) is -1.76. The van der Waals surface area contributed by atoms with E-state index < -0.39 is 35.1 Å². The summed E-state index contributed by atoms with van der Waals surface area (Å²) in [7, 11) is 0. The first kappa shape index (κ1) is 24.3. The Bertz CT molecular complexity index is 864. The van der Waals surface area contributed by atoms with Crippen LogP contribution in [-0.4, -0.2) is 39.5 Å². The number of aliphatic hydroxyl groups is 1. The molecule has 0 bridgehead atoms. The quantitative estimate of drug-likeness (QED) is 0.556. The topological polar surface area (TPSA) is 95.9 Å². The second kappa shape index (κ2) is 10.4. The number of aryl methyl sites for hydroxylation is 1. The van der Waals surface area contributed by atoms with Gasteiger partial charge in [-0.25, -0.2) is 14.0 Å². The summed E-state index contributed by atoms with van der Waals surface area (Å²) in [5, 5.41) is 23.2. The molecule has 3 N–H and O–H groups in total. The van der Waals surface area contributed by atoms with Crippen molar-refractivity contribution in [1.82, 2.24) is 5.32 Å². The highest BCUT2D eigenvalue weighted by Gasteiger charge is 2.43. The smallest absolute Gasteiger partial charge is 0.408 e. The summed E-state index contributed by atoms with van der Waals surface area (Å²) in [6.07, 6.45) is -1.38. The highest BCUT2D eigenvalue weighted by molar-refractivity contribution is 5.85. The molecule has 31 heavy (non-hydrogen) atoms. The van der Waals surface area contributed by atoms with Crippen molar-refractivity contribution in [2.75, 3.05) is 0 Å². The molecule has 7 heteroatoms.